The van der Waals surface area contributed by atoms with Crippen LogP contribution in [-0.2, 0) is 10.5 Å². The molecule has 1 atom stereocenters. The number of amides is 1. The first-order valence-electron chi connectivity index (χ1n) is 6.55. The first kappa shape index (κ1) is 16.1. The second-order valence-electron chi connectivity index (χ2n) is 5.43. The van der Waals surface area contributed by atoms with E-state index in [2.05, 4.69) is 32.0 Å². The Kier molecular flexibility index (Phi) is 5.88. The molecule has 0 saturated heterocycles. The Morgan fingerprint density at radius 2 is 1.84 bits per heavy atom. The van der Waals surface area contributed by atoms with Crippen molar-refractivity contribution in [1.29, 1.82) is 0 Å². The summed E-state index contributed by atoms with van der Waals surface area (Å²) in [5, 5.41) is 0. The third-order valence-corrected chi connectivity index (χ3v) is 4.21. The summed E-state index contributed by atoms with van der Waals surface area (Å²) in [6.07, 6.45) is 1.55. The van der Waals surface area contributed by atoms with Gasteiger partial charge in [0, 0.05) is 5.75 Å². The summed E-state index contributed by atoms with van der Waals surface area (Å²) in [5.41, 5.74) is 14.1. The molecule has 1 amide bonds. The fourth-order valence-electron chi connectivity index (χ4n) is 2.01. The molecule has 19 heavy (non-hydrogen) atoms. The Labute approximate surface area is 120 Å². The summed E-state index contributed by atoms with van der Waals surface area (Å²) < 4.78 is 0. The number of aryl methyl sites for hydroxylation is 2. The average Bonchev–Trinajstić information content (AvgIpc) is 2.26. The lowest BCUT2D eigenvalue weighted by Gasteiger charge is -2.19. The van der Waals surface area contributed by atoms with Crippen molar-refractivity contribution in [2.24, 2.45) is 11.5 Å². The van der Waals surface area contributed by atoms with E-state index in [-0.39, 0.29) is 0 Å². The van der Waals surface area contributed by atoms with Crippen molar-refractivity contribution in [2.75, 3.05) is 5.75 Å². The highest BCUT2D eigenvalue weighted by Gasteiger charge is 2.24. The smallest absolute Gasteiger partial charge is 0.237 e. The topological polar surface area (TPSA) is 69.1 Å². The lowest BCUT2D eigenvalue weighted by atomic mass is 9.97. The van der Waals surface area contributed by atoms with Gasteiger partial charge in [0.2, 0.25) is 5.91 Å². The number of thioether (sulfide) groups is 1. The first-order chi connectivity index (χ1) is 8.81. The van der Waals surface area contributed by atoms with Crippen LogP contribution in [0.3, 0.4) is 0 Å². The summed E-state index contributed by atoms with van der Waals surface area (Å²) in [7, 11) is 0. The van der Waals surface area contributed by atoms with E-state index in [0.29, 0.717) is 6.42 Å². The molecule has 0 aliphatic rings. The summed E-state index contributed by atoms with van der Waals surface area (Å²) >= 11 is 1.87. The van der Waals surface area contributed by atoms with E-state index < -0.39 is 11.4 Å². The monoisotopic (exact) mass is 280 g/mol. The van der Waals surface area contributed by atoms with Crippen molar-refractivity contribution in [3.8, 4) is 0 Å². The van der Waals surface area contributed by atoms with Crippen LogP contribution in [-0.4, -0.2) is 17.2 Å². The number of carbonyl (C=O) groups is 1. The van der Waals surface area contributed by atoms with Gasteiger partial charge in [0.15, 0.2) is 0 Å². The number of nitrogens with two attached hydrogens (primary N) is 2. The molecule has 0 saturated carbocycles. The van der Waals surface area contributed by atoms with Crippen LogP contribution in [0.25, 0.3) is 0 Å². The molecule has 0 spiro atoms. The fraction of sp³-hybridized carbons (Fsp3) is 0.533. The van der Waals surface area contributed by atoms with Gasteiger partial charge in [-0.3, -0.25) is 4.79 Å². The zero-order chi connectivity index (χ0) is 14.5. The van der Waals surface area contributed by atoms with E-state index in [1.54, 1.807) is 6.92 Å². The van der Waals surface area contributed by atoms with E-state index in [0.717, 1.165) is 17.9 Å². The van der Waals surface area contributed by atoms with Gasteiger partial charge < -0.3 is 11.5 Å². The minimum absolute atomic E-state index is 0.424. The molecule has 1 unspecified atom stereocenters. The highest BCUT2D eigenvalue weighted by Crippen LogP contribution is 2.18. The van der Waals surface area contributed by atoms with E-state index in [4.69, 9.17) is 11.5 Å². The van der Waals surface area contributed by atoms with Gasteiger partial charge in [-0.05, 0) is 44.9 Å². The number of hydrogen-bond donors (Lipinski definition) is 2. The van der Waals surface area contributed by atoms with Crippen LogP contribution in [0.4, 0.5) is 0 Å². The molecule has 1 rings (SSSR count). The average molecular weight is 280 g/mol. The van der Waals surface area contributed by atoms with Crippen LogP contribution < -0.4 is 11.5 Å². The SMILES string of the molecule is Cc1cc(C)cc(CSCCCC(C)(N)C(N)=O)c1. The molecule has 4 heteroatoms. The van der Waals surface area contributed by atoms with Crippen LogP contribution in [0, 0.1) is 13.8 Å². The molecule has 3 nitrogen and oxygen atoms in total. The summed E-state index contributed by atoms with van der Waals surface area (Å²) in [6, 6.07) is 6.62. The maximum Gasteiger partial charge on any atom is 0.237 e. The minimum atomic E-state index is -0.875. The highest BCUT2D eigenvalue weighted by molar-refractivity contribution is 7.98. The Hall–Kier alpha value is -1.00. The second kappa shape index (κ2) is 6.96. The quantitative estimate of drug-likeness (QED) is 0.754. The fourth-order valence-corrected chi connectivity index (χ4v) is 2.90. The Morgan fingerprint density at radius 1 is 1.26 bits per heavy atom. The number of hydrogen-bond acceptors (Lipinski definition) is 3. The van der Waals surface area contributed by atoms with E-state index in [9.17, 15) is 4.79 Å². The molecule has 0 aliphatic heterocycles. The molecule has 1 aromatic rings. The number of carbonyl (C=O) groups excluding carboxylic acids is 1. The molecule has 1 aromatic carbocycles. The third-order valence-electron chi connectivity index (χ3n) is 3.10. The summed E-state index contributed by atoms with van der Waals surface area (Å²) in [5.74, 6) is 1.57. The molecule has 106 valence electrons. The Balaban J connectivity index is 2.30. The number of benzene rings is 1. The van der Waals surface area contributed by atoms with Crippen LogP contribution >= 0.6 is 11.8 Å². The Bertz CT molecular complexity index is 424. The molecule has 0 fully saturated rings. The standard InChI is InChI=1S/C15H24N2OS/c1-11-7-12(2)9-13(8-11)10-19-6-4-5-15(3,17)14(16)18/h7-9H,4-6,10,17H2,1-3H3,(H2,16,18). The number of rotatable bonds is 7. The van der Waals surface area contributed by atoms with Crippen molar-refractivity contribution in [3.63, 3.8) is 0 Å². The predicted octanol–water partition coefficient (Wildman–Crippen LogP) is 2.52. The van der Waals surface area contributed by atoms with Crippen molar-refractivity contribution in [2.45, 2.75) is 44.9 Å². The number of primary amides is 1. The van der Waals surface area contributed by atoms with Crippen LogP contribution in [0.5, 0.6) is 0 Å². The van der Waals surface area contributed by atoms with Gasteiger partial charge in [0.05, 0.1) is 5.54 Å². The van der Waals surface area contributed by atoms with Gasteiger partial charge in [0.25, 0.3) is 0 Å². The van der Waals surface area contributed by atoms with Crippen molar-refractivity contribution in [1.82, 2.24) is 0 Å². The molecule has 0 bridgehead atoms. The molecule has 0 heterocycles. The van der Waals surface area contributed by atoms with Gasteiger partial charge in [-0.25, -0.2) is 0 Å². The highest BCUT2D eigenvalue weighted by atomic mass is 32.2. The molecule has 0 aromatic heterocycles. The van der Waals surface area contributed by atoms with E-state index in [1.807, 2.05) is 11.8 Å². The van der Waals surface area contributed by atoms with Crippen molar-refractivity contribution < 1.29 is 4.79 Å². The maximum atomic E-state index is 11.1. The van der Waals surface area contributed by atoms with Crippen LogP contribution in [0.15, 0.2) is 18.2 Å². The molecule has 0 radical (unpaired) electrons. The second-order valence-corrected chi connectivity index (χ2v) is 6.54. The maximum absolute atomic E-state index is 11.1. The third kappa shape index (κ3) is 5.66. The van der Waals surface area contributed by atoms with Crippen molar-refractivity contribution >= 4 is 17.7 Å². The summed E-state index contributed by atoms with van der Waals surface area (Å²) in [6.45, 7) is 5.94. The van der Waals surface area contributed by atoms with Gasteiger partial charge in [-0.1, -0.05) is 29.3 Å². The summed E-state index contributed by atoms with van der Waals surface area (Å²) in [4.78, 5) is 11.1. The van der Waals surface area contributed by atoms with Crippen molar-refractivity contribution in [3.05, 3.63) is 34.9 Å². The predicted molar refractivity (Wildman–Crippen MR) is 83.1 cm³/mol. The minimum Gasteiger partial charge on any atom is -0.368 e. The van der Waals surface area contributed by atoms with Gasteiger partial charge in [0.1, 0.15) is 0 Å². The lowest BCUT2D eigenvalue weighted by molar-refractivity contribution is -0.122. The lowest BCUT2D eigenvalue weighted by Crippen LogP contribution is -2.49. The molecule has 0 aliphatic carbocycles. The molecule has 4 N–H and O–H groups in total. The largest absolute Gasteiger partial charge is 0.368 e. The Morgan fingerprint density at radius 3 is 2.37 bits per heavy atom. The van der Waals surface area contributed by atoms with Gasteiger partial charge >= 0.3 is 0 Å². The van der Waals surface area contributed by atoms with E-state index in [1.165, 1.54) is 16.7 Å². The van der Waals surface area contributed by atoms with Crippen LogP contribution in [0.2, 0.25) is 0 Å². The first-order valence-corrected chi connectivity index (χ1v) is 7.70. The normalized spacial score (nSPS) is 14.1. The van der Waals surface area contributed by atoms with Crippen LogP contribution in [0.1, 0.15) is 36.5 Å². The zero-order valence-electron chi connectivity index (χ0n) is 12.0. The zero-order valence-corrected chi connectivity index (χ0v) is 12.8. The van der Waals surface area contributed by atoms with E-state index >= 15 is 0 Å². The molecular formula is C15H24N2OS. The molecular weight excluding hydrogens is 256 g/mol. The van der Waals surface area contributed by atoms with Gasteiger partial charge in [-0.15, -0.1) is 0 Å². The van der Waals surface area contributed by atoms with Gasteiger partial charge in [-0.2, -0.15) is 11.8 Å².